The molecule has 0 aromatic heterocycles. The zero-order chi connectivity index (χ0) is 11.6. The molecule has 0 aromatic carbocycles. The van der Waals surface area contributed by atoms with Crippen LogP contribution in [-0.4, -0.2) is 55.1 Å². The van der Waals surface area contributed by atoms with Crippen LogP contribution in [0.5, 0.6) is 0 Å². The van der Waals surface area contributed by atoms with E-state index in [0.29, 0.717) is 0 Å². The van der Waals surface area contributed by atoms with Crippen LogP contribution in [0.1, 0.15) is 32.1 Å². The average Bonchev–Trinajstić information content (AvgIpc) is 2.71. The predicted octanol–water partition coefficient (Wildman–Crippen LogP) is 1.28. The molecule has 2 fully saturated rings. The van der Waals surface area contributed by atoms with Gasteiger partial charge >= 0.3 is 6.03 Å². The van der Waals surface area contributed by atoms with E-state index in [1.54, 1.807) is 0 Å². The summed E-state index contributed by atoms with van der Waals surface area (Å²) in [6, 6.07) is 0.124. The Kier molecular flexibility index (Phi) is 3.38. The largest absolute Gasteiger partial charge is 0.338 e. The maximum absolute atomic E-state index is 11.7. The minimum Gasteiger partial charge on any atom is -0.338 e. The van der Waals surface area contributed by atoms with Crippen molar-refractivity contribution >= 4 is 6.03 Å². The van der Waals surface area contributed by atoms with Gasteiger partial charge in [0.1, 0.15) is 0 Å². The van der Waals surface area contributed by atoms with Gasteiger partial charge in [-0.2, -0.15) is 0 Å². The number of amides is 2. The molecule has 2 aliphatic rings. The number of hydrogen-bond donors (Lipinski definition) is 1. The van der Waals surface area contributed by atoms with Crippen LogP contribution in [0.4, 0.5) is 4.79 Å². The van der Waals surface area contributed by atoms with Crippen LogP contribution in [0, 0.1) is 0 Å². The summed E-state index contributed by atoms with van der Waals surface area (Å²) in [7, 11) is 4.29. The van der Waals surface area contributed by atoms with Crippen LogP contribution in [0.2, 0.25) is 0 Å². The molecule has 4 nitrogen and oxygen atoms in total. The summed E-state index contributed by atoms with van der Waals surface area (Å²) in [5.74, 6) is 0. The van der Waals surface area contributed by atoms with Crippen LogP contribution in [-0.2, 0) is 0 Å². The maximum atomic E-state index is 11.7. The minimum absolute atomic E-state index is 0.124. The van der Waals surface area contributed by atoms with Gasteiger partial charge in [-0.3, -0.25) is 0 Å². The Labute approximate surface area is 98.0 Å². The molecule has 2 amide bonds. The molecule has 0 bridgehead atoms. The third-order valence-corrected chi connectivity index (χ3v) is 4.14. The zero-order valence-corrected chi connectivity index (χ0v) is 10.5. The molecular weight excluding hydrogens is 202 g/mol. The molecule has 0 aromatic rings. The van der Waals surface area contributed by atoms with Gasteiger partial charge in [0.2, 0.25) is 0 Å². The van der Waals surface area contributed by atoms with Crippen molar-refractivity contribution in [2.24, 2.45) is 0 Å². The predicted molar refractivity (Wildman–Crippen MR) is 64.5 cm³/mol. The van der Waals surface area contributed by atoms with Crippen molar-refractivity contribution < 1.29 is 4.79 Å². The lowest BCUT2D eigenvalue weighted by Crippen LogP contribution is -2.56. The number of urea groups is 1. The number of rotatable bonds is 3. The lowest BCUT2D eigenvalue weighted by Gasteiger charge is -2.41. The Morgan fingerprint density at radius 1 is 1.31 bits per heavy atom. The summed E-state index contributed by atoms with van der Waals surface area (Å²) >= 11 is 0. The van der Waals surface area contributed by atoms with E-state index in [1.807, 2.05) is 4.90 Å². The van der Waals surface area contributed by atoms with E-state index in [-0.39, 0.29) is 11.6 Å². The quantitative estimate of drug-likeness (QED) is 0.785. The van der Waals surface area contributed by atoms with Crippen LogP contribution in [0.15, 0.2) is 0 Å². The number of carbonyl (C=O) groups excluding carboxylic acids is 1. The van der Waals surface area contributed by atoms with Gasteiger partial charge in [0, 0.05) is 25.2 Å². The first kappa shape index (κ1) is 11.7. The van der Waals surface area contributed by atoms with Crippen molar-refractivity contribution in [1.82, 2.24) is 15.1 Å². The second-order valence-corrected chi connectivity index (χ2v) is 5.33. The van der Waals surface area contributed by atoms with Crippen molar-refractivity contribution in [3.05, 3.63) is 0 Å². The first-order valence-electron chi connectivity index (χ1n) is 6.34. The van der Waals surface area contributed by atoms with Gasteiger partial charge in [0.25, 0.3) is 0 Å². The molecule has 16 heavy (non-hydrogen) atoms. The highest BCUT2D eigenvalue weighted by Crippen LogP contribution is 2.34. The fourth-order valence-electron chi connectivity index (χ4n) is 2.96. The van der Waals surface area contributed by atoms with E-state index in [0.717, 1.165) is 26.1 Å². The third-order valence-electron chi connectivity index (χ3n) is 4.14. The molecule has 1 saturated heterocycles. The number of carbonyl (C=O) groups is 1. The molecule has 1 N–H and O–H groups in total. The van der Waals surface area contributed by atoms with Crippen molar-refractivity contribution in [3.8, 4) is 0 Å². The normalized spacial score (nSPS) is 24.9. The van der Waals surface area contributed by atoms with E-state index < -0.39 is 0 Å². The van der Waals surface area contributed by atoms with Crippen molar-refractivity contribution in [2.75, 3.05) is 33.7 Å². The minimum atomic E-state index is 0.124. The lowest BCUT2D eigenvalue weighted by atomic mass is 9.95. The van der Waals surface area contributed by atoms with Gasteiger partial charge in [-0.1, -0.05) is 12.8 Å². The van der Waals surface area contributed by atoms with E-state index in [4.69, 9.17) is 0 Å². The van der Waals surface area contributed by atoms with Crippen LogP contribution in [0.25, 0.3) is 0 Å². The number of nitrogens with one attached hydrogen (secondary N) is 1. The van der Waals surface area contributed by atoms with Crippen molar-refractivity contribution in [3.63, 3.8) is 0 Å². The highest BCUT2D eigenvalue weighted by Gasteiger charge is 2.38. The Bertz CT molecular complexity index is 259. The van der Waals surface area contributed by atoms with Crippen LogP contribution < -0.4 is 5.32 Å². The molecule has 1 aliphatic heterocycles. The zero-order valence-electron chi connectivity index (χ0n) is 10.5. The molecule has 92 valence electrons. The Morgan fingerprint density at radius 2 is 2.00 bits per heavy atom. The molecule has 2 rings (SSSR count). The van der Waals surface area contributed by atoms with Gasteiger partial charge in [-0.15, -0.1) is 0 Å². The van der Waals surface area contributed by atoms with Crippen molar-refractivity contribution in [2.45, 2.75) is 37.6 Å². The molecule has 4 heteroatoms. The number of hydrogen-bond acceptors (Lipinski definition) is 2. The highest BCUT2D eigenvalue weighted by atomic mass is 16.2. The standard InChI is InChI=1S/C12H23N3O/c1-14(2)12(6-3-4-7-12)10-15-9-5-8-13-11(15)16/h3-10H2,1-2H3,(H,13,16). The summed E-state index contributed by atoms with van der Waals surface area (Å²) in [5, 5.41) is 2.93. The highest BCUT2D eigenvalue weighted by molar-refractivity contribution is 5.74. The smallest absolute Gasteiger partial charge is 0.317 e. The summed E-state index contributed by atoms with van der Waals surface area (Å²) in [5.41, 5.74) is 0.231. The van der Waals surface area contributed by atoms with E-state index in [2.05, 4.69) is 24.3 Å². The second kappa shape index (κ2) is 4.62. The number of likely N-dealkylation sites (N-methyl/N-ethyl adjacent to an activating group) is 1. The maximum Gasteiger partial charge on any atom is 0.317 e. The van der Waals surface area contributed by atoms with Crippen LogP contribution >= 0.6 is 0 Å². The fraction of sp³-hybridized carbons (Fsp3) is 0.917. The van der Waals surface area contributed by atoms with Gasteiger partial charge in [-0.25, -0.2) is 4.79 Å². The Balaban J connectivity index is 2.02. The van der Waals surface area contributed by atoms with Gasteiger partial charge in [0.05, 0.1) is 0 Å². The molecule has 0 atom stereocenters. The summed E-state index contributed by atoms with van der Waals surface area (Å²) in [6.45, 7) is 2.65. The van der Waals surface area contributed by atoms with Crippen molar-refractivity contribution in [1.29, 1.82) is 0 Å². The first-order chi connectivity index (χ1) is 7.64. The monoisotopic (exact) mass is 225 g/mol. The third kappa shape index (κ3) is 2.17. The fourth-order valence-corrected chi connectivity index (χ4v) is 2.96. The van der Waals surface area contributed by atoms with E-state index >= 15 is 0 Å². The SMILES string of the molecule is CN(C)C1(CN2CCCNC2=O)CCCC1. The number of nitrogens with zero attached hydrogens (tertiary/aromatic N) is 2. The molecule has 0 radical (unpaired) electrons. The molecule has 1 aliphatic carbocycles. The molecule has 0 spiro atoms. The van der Waals surface area contributed by atoms with E-state index in [1.165, 1.54) is 25.7 Å². The first-order valence-corrected chi connectivity index (χ1v) is 6.34. The van der Waals surface area contributed by atoms with E-state index in [9.17, 15) is 4.79 Å². The average molecular weight is 225 g/mol. The van der Waals surface area contributed by atoms with Gasteiger partial charge in [0.15, 0.2) is 0 Å². The van der Waals surface area contributed by atoms with Gasteiger partial charge < -0.3 is 15.1 Å². The molecule has 0 unspecified atom stereocenters. The van der Waals surface area contributed by atoms with Crippen LogP contribution in [0.3, 0.4) is 0 Å². The lowest BCUT2D eigenvalue weighted by molar-refractivity contribution is 0.0975. The topological polar surface area (TPSA) is 35.6 Å². The summed E-state index contributed by atoms with van der Waals surface area (Å²) in [6.07, 6.45) is 6.13. The Hall–Kier alpha value is -0.770. The summed E-state index contributed by atoms with van der Waals surface area (Å²) in [4.78, 5) is 16.1. The second-order valence-electron chi connectivity index (χ2n) is 5.33. The summed E-state index contributed by atoms with van der Waals surface area (Å²) < 4.78 is 0. The van der Waals surface area contributed by atoms with Gasteiger partial charge in [-0.05, 0) is 33.4 Å². The molecule has 1 saturated carbocycles. The molecule has 1 heterocycles. The Morgan fingerprint density at radius 3 is 2.56 bits per heavy atom. The molecular formula is C12H23N3O.